The minimum atomic E-state index is -0.508. The van der Waals surface area contributed by atoms with Crippen LogP contribution in [0.3, 0.4) is 0 Å². The number of rotatable bonds is 6. The minimum absolute atomic E-state index is 0.192. The predicted octanol–water partition coefficient (Wildman–Crippen LogP) is 1.82. The second-order valence-corrected chi connectivity index (χ2v) is 4.40. The van der Waals surface area contributed by atoms with Crippen LogP contribution in [0.4, 0.5) is 0 Å². The van der Waals surface area contributed by atoms with Gasteiger partial charge in [0, 0.05) is 5.03 Å². The summed E-state index contributed by atoms with van der Waals surface area (Å²) >= 11 is 5.55. The molecule has 0 bridgehead atoms. The van der Waals surface area contributed by atoms with E-state index in [9.17, 15) is 4.79 Å². The Morgan fingerprint density at radius 3 is 2.65 bits per heavy atom. The largest absolute Gasteiger partial charge is 0.350 e. The molecule has 4 heteroatoms. The van der Waals surface area contributed by atoms with E-state index in [-0.39, 0.29) is 12.5 Å². The van der Waals surface area contributed by atoms with Crippen LogP contribution >= 0.6 is 11.6 Å². The highest BCUT2D eigenvalue weighted by atomic mass is 35.5. The van der Waals surface area contributed by atoms with Gasteiger partial charge >= 0.3 is 0 Å². The van der Waals surface area contributed by atoms with Gasteiger partial charge in [-0.25, -0.2) is 0 Å². The summed E-state index contributed by atoms with van der Waals surface area (Å²) in [5.41, 5.74) is 6.94. The zero-order chi connectivity index (χ0) is 12.7. The van der Waals surface area contributed by atoms with E-state index in [2.05, 4.69) is 11.9 Å². The molecular formula is C13H17ClN2O. The van der Waals surface area contributed by atoms with Crippen molar-refractivity contribution in [3.63, 3.8) is 0 Å². The smallest absolute Gasteiger partial charge is 0.237 e. The first-order valence-electron chi connectivity index (χ1n) is 5.50. The number of hydrogen-bond acceptors (Lipinski definition) is 2. The molecule has 0 fully saturated rings. The monoisotopic (exact) mass is 252 g/mol. The van der Waals surface area contributed by atoms with Gasteiger partial charge in [-0.3, -0.25) is 4.79 Å². The highest BCUT2D eigenvalue weighted by Gasteiger charge is 2.12. The van der Waals surface area contributed by atoms with Gasteiger partial charge in [0.2, 0.25) is 5.91 Å². The van der Waals surface area contributed by atoms with Crippen molar-refractivity contribution in [1.29, 1.82) is 0 Å². The third-order valence-corrected chi connectivity index (χ3v) is 2.51. The number of hydrogen-bond donors (Lipinski definition) is 2. The van der Waals surface area contributed by atoms with Crippen LogP contribution in [-0.4, -0.2) is 18.5 Å². The van der Waals surface area contributed by atoms with Crippen molar-refractivity contribution in [2.45, 2.75) is 18.9 Å². The molecule has 17 heavy (non-hydrogen) atoms. The molecule has 1 unspecified atom stereocenters. The van der Waals surface area contributed by atoms with E-state index in [1.165, 1.54) is 5.56 Å². The first-order chi connectivity index (χ1) is 8.09. The number of aryl methyl sites for hydroxylation is 1. The Bertz CT molecular complexity index is 378. The van der Waals surface area contributed by atoms with E-state index in [4.69, 9.17) is 17.3 Å². The van der Waals surface area contributed by atoms with Gasteiger partial charge in [0.15, 0.2) is 0 Å². The summed E-state index contributed by atoms with van der Waals surface area (Å²) in [6.07, 6.45) is 1.40. The minimum Gasteiger partial charge on any atom is -0.350 e. The Hall–Kier alpha value is -1.32. The highest BCUT2D eigenvalue weighted by molar-refractivity contribution is 6.29. The van der Waals surface area contributed by atoms with Crippen LogP contribution in [0.15, 0.2) is 41.9 Å². The Morgan fingerprint density at radius 1 is 1.41 bits per heavy atom. The molecule has 1 aromatic rings. The van der Waals surface area contributed by atoms with Crippen molar-refractivity contribution in [3.05, 3.63) is 47.5 Å². The van der Waals surface area contributed by atoms with Crippen molar-refractivity contribution >= 4 is 17.5 Å². The summed E-state index contributed by atoms with van der Waals surface area (Å²) in [6, 6.07) is 9.43. The molecular weight excluding hydrogens is 236 g/mol. The normalized spacial score (nSPS) is 11.9. The number of carbonyl (C=O) groups excluding carboxylic acids is 1. The van der Waals surface area contributed by atoms with E-state index in [0.717, 1.165) is 6.42 Å². The second kappa shape index (κ2) is 7.09. The maximum atomic E-state index is 11.5. The maximum absolute atomic E-state index is 11.5. The molecule has 0 saturated carbocycles. The van der Waals surface area contributed by atoms with Gasteiger partial charge in [0.1, 0.15) is 0 Å². The highest BCUT2D eigenvalue weighted by Crippen LogP contribution is 2.04. The lowest BCUT2D eigenvalue weighted by atomic mass is 10.1. The van der Waals surface area contributed by atoms with Crippen LogP contribution in [0.2, 0.25) is 0 Å². The fourth-order valence-electron chi connectivity index (χ4n) is 1.41. The summed E-state index contributed by atoms with van der Waals surface area (Å²) in [5, 5.41) is 3.02. The average Bonchev–Trinajstić information content (AvgIpc) is 2.34. The van der Waals surface area contributed by atoms with E-state index in [1.54, 1.807) is 0 Å². The molecule has 0 aliphatic heterocycles. The number of halogens is 1. The van der Waals surface area contributed by atoms with Crippen LogP contribution in [0, 0.1) is 0 Å². The third-order valence-electron chi connectivity index (χ3n) is 2.38. The number of carbonyl (C=O) groups is 1. The van der Waals surface area contributed by atoms with Gasteiger partial charge in [-0.1, -0.05) is 48.5 Å². The first kappa shape index (κ1) is 13.7. The van der Waals surface area contributed by atoms with E-state index < -0.39 is 6.04 Å². The summed E-state index contributed by atoms with van der Waals surface area (Å²) in [4.78, 5) is 11.5. The fraction of sp³-hybridized carbons (Fsp3) is 0.308. The Morgan fingerprint density at radius 2 is 2.06 bits per heavy atom. The Labute approximate surface area is 107 Å². The first-order valence-corrected chi connectivity index (χ1v) is 5.88. The molecule has 0 spiro atoms. The van der Waals surface area contributed by atoms with Crippen LogP contribution in [0.1, 0.15) is 12.0 Å². The molecule has 0 aromatic heterocycles. The standard InChI is InChI=1S/C13H17ClN2O/c1-10(14)9-16-13(17)12(15)8-7-11-5-3-2-4-6-11/h2-6,12H,1,7-9,15H2,(H,16,17). The fourth-order valence-corrected chi connectivity index (χ4v) is 1.48. The Kier molecular flexibility index (Phi) is 5.73. The van der Waals surface area contributed by atoms with Crippen LogP contribution in [0.5, 0.6) is 0 Å². The van der Waals surface area contributed by atoms with Crippen LogP contribution < -0.4 is 11.1 Å². The zero-order valence-corrected chi connectivity index (χ0v) is 10.4. The molecule has 1 aromatic carbocycles. The molecule has 3 nitrogen and oxygen atoms in total. The molecule has 1 atom stereocenters. The van der Waals surface area contributed by atoms with Crippen molar-refractivity contribution in [1.82, 2.24) is 5.32 Å². The molecule has 0 aliphatic rings. The number of nitrogens with one attached hydrogen (secondary N) is 1. The van der Waals surface area contributed by atoms with Gasteiger partial charge in [-0.15, -0.1) is 0 Å². The predicted molar refractivity (Wildman–Crippen MR) is 70.7 cm³/mol. The van der Waals surface area contributed by atoms with Crippen LogP contribution in [0.25, 0.3) is 0 Å². The molecule has 1 rings (SSSR count). The van der Waals surface area contributed by atoms with Gasteiger partial charge in [0.05, 0.1) is 12.6 Å². The maximum Gasteiger partial charge on any atom is 0.237 e. The third kappa shape index (κ3) is 5.52. The summed E-state index contributed by atoms with van der Waals surface area (Å²) < 4.78 is 0. The SMILES string of the molecule is C=C(Cl)CNC(=O)C(N)CCc1ccccc1. The van der Waals surface area contributed by atoms with Crippen LogP contribution in [-0.2, 0) is 11.2 Å². The van der Waals surface area contributed by atoms with Crippen molar-refractivity contribution in [2.75, 3.05) is 6.54 Å². The van der Waals surface area contributed by atoms with Gasteiger partial charge in [-0.05, 0) is 18.4 Å². The van der Waals surface area contributed by atoms with Gasteiger partial charge in [0.25, 0.3) is 0 Å². The van der Waals surface area contributed by atoms with E-state index >= 15 is 0 Å². The average molecular weight is 253 g/mol. The molecule has 0 saturated heterocycles. The quantitative estimate of drug-likeness (QED) is 0.811. The molecule has 0 aliphatic carbocycles. The van der Waals surface area contributed by atoms with Crippen molar-refractivity contribution in [2.24, 2.45) is 5.73 Å². The second-order valence-electron chi connectivity index (χ2n) is 3.87. The number of benzene rings is 1. The van der Waals surface area contributed by atoms with Gasteiger partial charge < -0.3 is 11.1 Å². The molecule has 92 valence electrons. The van der Waals surface area contributed by atoms with Crippen molar-refractivity contribution in [3.8, 4) is 0 Å². The van der Waals surface area contributed by atoms with Gasteiger partial charge in [-0.2, -0.15) is 0 Å². The zero-order valence-electron chi connectivity index (χ0n) is 9.66. The number of nitrogens with two attached hydrogens (primary N) is 1. The van der Waals surface area contributed by atoms with E-state index in [1.807, 2.05) is 30.3 Å². The molecule has 1 amide bonds. The topological polar surface area (TPSA) is 55.1 Å². The lowest BCUT2D eigenvalue weighted by Gasteiger charge is -2.11. The molecule has 3 N–H and O–H groups in total. The van der Waals surface area contributed by atoms with Crippen molar-refractivity contribution < 1.29 is 4.79 Å². The number of amides is 1. The molecule has 0 radical (unpaired) electrons. The lowest BCUT2D eigenvalue weighted by Crippen LogP contribution is -2.41. The summed E-state index contributed by atoms with van der Waals surface area (Å²) in [5.74, 6) is -0.192. The summed E-state index contributed by atoms with van der Waals surface area (Å²) in [6.45, 7) is 3.75. The van der Waals surface area contributed by atoms with E-state index in [0.29, 0.717) is 11.5 Å². The lowest BCUT2D eigenvalue weighted by molar-refractivity contribution is -0.122. The molecule has 0 heterocycles. The summed E-state index contributed by atoms with van der Waals surface area (Å²) in [7, 11) is 0. The Balaban J connectivity index is 2.31.